The summed E-state index contributed by atoms with van der Waals surface area (Å²) in [6.07, 6.45) is 20.9. The van der Waals surface area contributed by atoms with Gasteiger partial charge >= 0.3 is 0 Å². The minimum atomic E-state index is 0.343. The topological polar surface area (TPSA) is 57.5 Å². The van der Waals surface area contributed by atoms with Gasteiger partial charge in [0.15, 0.2) is 11.9 Å². The van der Waals surface area contributed by atoms with Crippen molar-refractivity contribution >= 4 is 6.08 Å². The van der Waals surface area contributed by atoms with Gasteiger partial charge in [-0.1, -0.05) is 89.5 Å². The van der Waals surface area contributed by atoms with Crippen LogP contribution in [0.1, 0.15) is 5.56 Å². The van der Waals surface area contributed by atoms with E-state index >= 15 is 0 Å². The van der Waals surface area contributed by atoms with Gasteiger partial charge in [0.2, 0.25) is 0 Å². The molecule has 5 heteroatoms. The van der Waals surface area contributed by atoms with Crippen molar-refractivity contribution in [3.63, 3.8) is 0 Å². The van der Waals surface area contributed by atoms with Crippen LogP contribution in [0.15, 0.2) is 78.9 Å². The highest BCUT2D eigenvalue weighted by Gasteiger charge is 2.03. The third kappa shape index (κ3) is 6.06. The van der Waals surface area contributed by atoms with Crippen molar-refractivity contribution in [3.05, 3.63) is 84.5 Å². The van der Waals surface area contributed by atoms with E-state index in [1.165, 1.54) is 5.01 Å². The summed E-state index contributed by atoms with van der Waals surface area (Å²) >= 11 is 0. The number of hydrogen-bond donors (Lipinski definition) is 1. The first-order chi connectivity index (χ1) is 11.4. The fourth-order valence-corrected chi connectivity index (χ4v) is 1.69. The van der Waals surface area contributed by atoms with Gasteiger partial charge in [-0.25, -0.2) is 5.01 Å². The molecule has 1 N–H and O–H groups in total. The zero-order valence-electron chi connectivity index (χ0n) is 12.5. The van der Waals surface area contributed by atoms with Crippen molar-refractivity contribution < 1.29 is 9.88 Å². The van der Waals surface area contributed by atoms with E-state index in [-0.39, 0.29) is 0 Å². The van der Waals surface area contributed by atoms with Gasteiger partial charge in [-0.15, -0.1) is 0 Å². The number of nitrogens with one attached hydrogen (secondary N) is 1. The summed E-state index contributed by atoms with van der Waals surface area (Å²) < 4.78 is 0. The third-order valence-corrected chi connectivity index (χ3v) is 2.80. The molecule has 1 aromatic carbocycles. The molecular weight excluding hydrogens is 290 g/mol. The van der Waals surface area contributed by atoms with Crippen molar-refractivity contribution in [1.82, 2.24) is 10.6 Å². The Morgan fingerprint density at radius 1 is 0.957 bits per heavy atom. The van der Waals surface area contributed by atoms with Crippen LogP contribution in [0.2, 0.25) is 0 Å². The molecule has 2 rings (SSSR count). The highest BCUT2D eigenvalue weighted by atomic mass is 17.3. The first-order valence-corrected chi connectivity index (χ1v) is 7.09. The van der Waals surface area contributed by atoms with Crippen LogP contribution in [0, 0.1) is 11.5 Å². The molecule has 1 aromatic rings. The average molecular weight is 307 g/mol. The lowest BCUT2D eigenvalue weighted by atomic mass is 10.2. The maximum Gasteiger partial charge on any atom is 0.197 e. The summed E-state index contributed by atoms with van der Waals surface area (Å²) in [6.45, 7) is 0.343. The monoisotopic (exact) mass is 307 g/mol. The van der Waals surface area contributed by atoms with Crippen LogP contribution in [0.3, 0.4) is 0 Å². The van der Waals surface area contributed by atoms with E-state index in [2.05, 4.69) is 5.59 Å². The van der Waals surface area contributed by atoms with Crippen LogP contribution >= 0.6 is 0 Å². The molecule has 1 aliphatic rings. The Kier molecular flexibility index (Phi) is 6.94. The molecule has 0 saturated heterocycles. The van der Waals surface area contributed by atoms with Crippen molar-refractivity contribution in [2.75, 3.05) is 6.54 Å². The van der Waals surface area contributed by atoms with Crippen LogP contribution in [0.5, 0.6) is 5.75 Å². The van der Waals surface area contributed by atoms with Gasteiger partial charge in [-0.3, -0.25) is 0 Å². The smallest absolute Gasteiger partial charge is 0.197 e. The molecule has 116 valence electrons. The van der Waals surface area contributed by atoms with E-state index < -0.39 is 0 Å². The molecule has 0 radical (unpaired) electrons. The van der Waals surface area contributed by atoms with Crippen LogP contribution in [0.25, 0.3) is 6.08 Å². The lowest BCUT2D eigenvalue weighted by molar-refractivity contribution is -0.293. The summed E-state index contributed by atoms with van der Waals surface area (Å²) in [5.41, 5.74) is 3.28. The molecule has 0 aliphatic carbocycles. The second-order valence-electron chi connectivity index (χ2n) is 4.45. The molecular formula is C18H17N3O2. The lowest BCUT2D eigenvalue weighted by Crippen LogP contribution is -2.35. The Labute approximate surface area is 135 Å². The molecule has 23 heavy (non-hydrogen) atoms. The normalized spacial score (nSPS) is 15.5. The number of hydrazine groups is 1. The Morgan fingerprint density at radius 2 is 1.65 bits per heavy atom. The average Bonchev–Trinajstić information content (AvgIpc) is 2.58. The Hall–Kier alpha value is -3.07. The van der Waals surface area contributed by atoms with Crippen LogP contribution in [-0.4, -0.2) is 11.6 Å². The number of para-hydroxylation sites is 1. The molecule has 0 aromatic heterocycles. The number of fused-ring (bicyclic) bond motifs is 1. The van der Waals surface area contributed by atoms with Gasteiger partial charge < -0.3 is 4.89 Å². The van der Waals surface area contributed by atoms with Crippen molar-refractivity contribution in [3.8, 4) is 11.9 Å². The molecule has 0 unspecified atom stereocenters. The molecule has 0 fully saturated rings. The summed E-state index contributed by atoms with van der Waals surface area (Å²) in [7, 11) is 0. The molecule has 0 saturated carbocycles. The first kappa shape index (κ1) is 16.3. The number of nitriles is 1. The lowest BCUT2D eigenvalue weighted by Gasteiger charge is -2.13. The second kappa shape index (κ2) is 9.79. The SMILES string of the molecule is N#CN1CC=CC=CC=CC=CC=Cc2ccccc2OON1. The quantitative estimate of drug-likeness (QED) is 0.587. The zero-order chi connectivity index (χ0) is 16.2. The zero-order valence-corrected chi connectivity index (χ0v) is 12.5. The predicted octanol–water partition coefficient (Wildman–Crippen LogP) is 3.45. The van der Waals surface area contributed by atoms with Gasteiger partial charge in [0.1, 0.15) is 0 Å². The highest BCUT2D eigenvalue weighted by molar-refractivity contribution is 5.58. The second-order valence-corrected chi connectivity index (χ2v) is 4.45. The number of allylic oxidation sites excluding steroid dienone is 8. The Bertz CT molecular complexity index is 682. The van der Waals surface area contributed by atoms with Crippen LogP contribution in [0.4, 0.5) is 0 Å². The van der Waals surface area contributed by atoms with E-state index in [1.54, 1.807) is 6.07 Å². The van der Waals surface area contributed by atoms with E-state index in [4.69, 9.17) is 15.1 Å². The van der Waals surface area contributed by atoms with E-state index in [0.717, 1.165) is 5.56 Å². The third-order valence-electron chi connectivity index (χ3n) is 2.80. The number of benzene rings is 1. The van der Waals surface area contributed by atoms with E-state index in [1.807, 2.05) is 85.2 Å². The molecule has 0 bridgehead atoms. The van der Waals surface area contributed by atoms with Crippen LogP contribution in [-0.2, 0) is 4.99 Å². The van der Waals surface area contributed by atoms with Gasteiger partial charge in [0.25, 0.3) is 0 Å². The number of rotatable bonds is 0. The molecule has 0 atom stereocenters. The van der Waals surface area contributed by atoms with Gasteiger partial charge in [-0.2, -0.15) is 5.26 Å². The van der Waals surface area contributed by atoms with E-state index in [9.17, 15) is 0 Å². The van der Waals surface area contributed by atoms with Crippen molar-refractivity contribution in [1.29, 1.82) is 5.26 Å². The summed E-state index contributed by atoms with van der Waals surface area (Å²) in [4.78, 5) is 10.1. The number of nitrogens with zero attached hydrogens (tertiary/aromatic N) is 2. The Balaban J connectivity index is 2.15. The summed E-state index contributed by atoms with van der Waals surface area (Å²) in [5, 5.41) is 10.2. The molecule has 0 spiro atoms. The Morgan fingerprint density at radius 3 is 2.43 bits per heavy atom. The van der Waals surface area contributed by atoms with Gasteiger partial charge in [-0.05, 0) is 6.07 Å². The minimum Gasteiger partial charge on any atom is -0.317 e. The fraction of sp³-hybridized carbons (Fsp3) is 0.0556. The minimum absolute atomic E-state index is 0.343. The van der Waals surface area contributed by atoms with E-state index in [0.29, 0.717) is 12.3 Å². The highest BCUT2D eigenvalue weighted by Crippen LogP contribution is 2.19. The van der Waals surface area contributed by atoms with Crippen molar-refractivity contribution in [2.45, 2.75) is 0 Å². The largest absolute Gasteiger partial charge is 0.317 e. The number of hydrogen-bond acceptors (Lipinski definition) is 5. The van der Waals surface area contributed by atoms with Crippen molar-refractivity contribution in [2.24, 2.45) is 0 Å². The standard InChI is InChI=1S/C18H17N3O2/c19-16-21-15-11-7-5-3-1-2-4-6-8-12-17-13-9-10-14-18(17)22-23-20-21/h1-14,20H,15H2. The van der Waals surface area contributed by atoms with Gasteiger partial charge in [0.05, 0.1) is 6.54 Å². The first-order valence-electron chi connectivity index (χ1n) is 7.09. The molecule has 1 aliphatic heterocycles. The molecule has 0 amide bonds. The summed E-state index contributed by atoms with van der Waals surface area (Å²) in [6, 6.07) is 7.43. The maximum atomic E-state index is 9.01. The van der Waals surface area contributed by atoms with Crippen LogP contribution < -0.4 is 10.5 Å². The predicted molar refractivity (Wildman–Crippen MR) is 89.2 cm³/mol. The fourth-order valence-electron chi connectivity index (χ4n) is 1.69. The summed E-state index contributed by atoms with van der Waals surface area (Å²) in [5.74, 6) is 0.541. The molecule has 1 heterocycles. The molecule has 5 nitrogen and oxygen atoms in total. The van der Waals surface area contributed by atoms with Gasteiger partial charge in [0, 0.05) is 5.56 Å². The maximum absolute atomic E-state index is 9.01.